The summed E-state index contributed by atoms with van der Waals surface area (Å²) in [5, 5.41) is 0.805. The fourth-order valence-corrected chi connectivity index (χ4v) is 4.33. The first kappa shape index (κ1) is 20.1. The van der Waals surface area contributed by atoms with Gasteiger partial charge < -0.3 is 9.72 Å². The summed E-state index contributed by atoms with van der Waals surface area (Å²) in [6, 6.07) is 5.76. The summed E-state index contributed by atoms with van der Waals surface area (Å²) in [5.74, 6) is -1.96. The summed E-state index contributed by atoms with van der Waals surface area (Å²) in [7, 11) is 0. The molecule has 0 bridgehead atoms. The summed E-state index contributed by atoms with van der Waals surface area (Å²) in [6.07, 6.45) is 7.33. The third kappa shape index (κ3) is 3.56. The van der Waals surface area contributed by atoms with E-state index in [-0.39, 0.29) is 49.0 Å². The van der Waals surface area contributed by atoms with Gasteiger partial charge in [0.05, 0.1) is 18.3 Å². The third-order valence-electron chi connectivity index (χ3n) is 5.99. The van der Waals surface area contributed by atoms with Crippen LogP contribution >= 0.6 is 0 Å². The largest absolute Gasteiger partial charge is 0.457 e. The molecule has 2 atom stereocenters. The molecule has 1 aromatic heterocycles. The van der Waals surface area contributed by atoms with Crippen LogP contribution in [0.2, 0.25) is 0 Å². The van der Waals surface area contributed by atoms with Gasteiger partial charge in [-0.25, -0.2) is 0 Å². The molecule has 0 saturated carbocycles. The van der Waals surface area contributed by atoms with Crippen molar-refractivity contribution in [2.24, 2.45) is 11.8 Å². The van der Waals surface area contributed by atoms with E-state index in [1.807, 2.05) is 37.3 Å². The third-order valence-corrected chi connectivity index (χ3v) is 5.99. The number of imide groups is 1. The van der Waals surface area contributed by atoms with E-state index in [0.29, 0.717) is 18.4 Å². The number of carbonyl (C=O) groups excluding carboxylic acids is 4. The number of rotatable bonds is 7. The quantitative estimate of drug-likeness (QED) is 0.329. The highest BCUT2D eigenvalue weighted by Crippen LogP contribution is 2.35. The van der Waals surface area contributed by atoms with E-state index in [9.17, 15) is 19.2 Å². The first-order valence-electron chi connectivity index (χ1n) is 10.3. The Kier molecular flexibility index (Phi) is 5.53. The fourth-order valence-electron chi connectivity index (χ4n) is 4.33. The number of ketones is 1. The van der Waals surface area contributed by atoms with Crippen LogP contribution in [0.25, 0.3) is 10.9 Å². The molecule has 2 aliphatic rings. The lowest BCUT2D eigenvalue weighted by Gasteiger charge is -2.14. The van der Waals surface area contributed by atoms with E-state index in [1.54, 1.807) is 6.20 Å². The van der Waals surface area contributed by atoms with Gasteiger partial charge in [-0.2, -0.15) is 0 Å². The predicted octanol–water partition coefficient (Wildman–Crippen LogP) is 2.80. The van der Waals surface area contributed by atoms with Crippen molar-refractivity contribution in [3.05, 3.63) is 47.7 Å². The number of Topliss-reactive ketones (excluding diaryl/α,β-unsaturated/α-hetero) is 1. The smallest absolute Gasteiger partial charge is 0.308 e. The zero-order chi connectivity index (χ0) is 21.3. The molecule has 1 N–H and O–H groups in total. The number of allylic oxidation sites excluding steroid dienone is 2. The number of para-hydroxylation sites is 1. The lowest BCUT2D eigenvalue weighted by Crippen LogP contribution is -2.33. The normalized spacial score (nSPS) is 20.6. The molecule has 0 unspecified atom stereocenters. The topological polar surface area (TPSA) is 96.5 Å². The van der Waals surface area contributed by atoms with Crippen molar-refractivity contribution < 1.29 is 23.9 Å². The van der Waals surface area contributed by atoms with Gasteiger partial charge in [0.2, 0.25) is 17.6 Å². The van der Waals surface area contributed by atoms with Gasteiger partial charge >= 0.3 is 5.97 Å². The Morgan fingerprint density at radius 3 is 2.50 bits per heavy atom. The van der Waals surface area contributed by atoms with Crippen LogP contribution < -0.4 is 0 Å². The molecule has 7 nitrogen and oxygen atoms in total. The van der Waals surface area contributed by atoms with Crippen LogP contribution in [0.15, 0.2) is 36.5 Å². The minimum Gasteiger partial charge on any atom is -0.457 e. The van der Waals surface area contributed by atoms with Gasteiger partial charge in [0.1, 0.15) is 0 Å². The second kappa shape index (κ2) is 8.26. The van der Waals surface area contributed by atoms with Gasteiger partial charge in [0.25, 0.3) is 0 Å². The Labute approximate surface area is 174 Å². The molecule has 2 amide bonds. The summed E-state index contributed by atoms with van der Waals surface area (Å²) in [5.41, 5.74) is 2.51. The molecule has 0 radical (unpaired) electrons. The van der Waals surface area contributed by atoms with Crippen molar-refractivity contribution in [2.45, 2.75) is 32.6 Å². The number of nitrogens with one attached hydrogen (secondary N) is 1. The number of H-pyrrole nitrogens is 1. The number of benzene rings is 1. The summed E-state index contributed by atoms with van der Waals surface area (Å²) < 4.78 is 5.12. The molecule has 1 fully saturated rings. The molecule has 1 aromatic carbocycles. The average molecular weight is 408 g/mol. The number of carbonyl (C=O) groups is 4. The molecule has 0 spiro atoms. The monoisotopic (exact) mass is 408 g/mol. The maximum absolute atomic E-state index is 12.5. The number of aromatic nitrogens is 1. The molecule has 30 heavy (non-hydrogen) atoms. The highest BCUT2D eigenvalue weighted by Gasteiger charge is 2.46. The first-order chi connectivity index (χ1) is 14.5. The molecule has 1 aliphatic heterocycles. The van der Waals surface area contributed by atoms with Gasteiger partial charge in [-0.3, -0.25) is 24.1 Å². The second-order valence-corrected chi connectivity index (χ2v) is 7.71. The highest BCUT2D eigenvalue weighted by molar-refractivity contribution is 6.09. The number of aryl methyl sites for hydroxylation is 1. The number of aromatic amines is 1. The molecular weight excluding hydrogens is 384 g/mol. The summed E-state index contributed by atoms with van der Waals surface area (Å²) in [4.78, 5) is 53.8. The number of ether oxygens (including phenoxy) is 1. The molecule has 1 saturated heterocycles. The zero-order valence-corrected chi connectivity index (χ0v) is 16.8. The van der Waals surface area contributed by atoms with Crippen LogP contribution in [-0.2, 0) is 25.5 Å². The number of amides is 2. The number of esters is 1. The lowest BCUT2D eigenvalue weighted by molar-refractivity contribution is -0.145. The minimum absolute atomic E-state index is 0.00929. The number of hydrogen-bond donors (Lipinski definition) is 1. The number of fused-ring (bicyclic) bond motifs is 2. The number of nitrogens with zero attached hydrogens (tertiary/aromatic N) is 1. The maximum atomic E-state index is 12.5. The van der Waals surface area contributed by atoms with Crippen LogP contribution in [0.5, 0.6) is 0 Å². The van der Waals surface area contributed by atoms with Crippen LogP contribution in [-0.4, -0.2) is 46.6 Å². The van der Waals surface area contributed by atoms with E-state index in [2.05, 4.69) is 4.98 Å². The Balaban J connectivity index is 1.32. The zero-order valence-electron chi connectivity index (χ0n) is 16.8. The molecule has 2 aromatic rings. The van der Waals surface area contributed by atoms with Gasteiger partial charge in [0.15, 0.2) is 6.61 Å². The van der Waals surface area contributed by atoms with Crippen molar-refractivity contribution in [2.75, 3.05) is 13.2 Å². The van der Waals surface area contributed by atoms with Crippen LogP contribution in [0.3, 0.4) is 0 Å². The summed E-state index contributed by atoms with van der Waals surface area (Å²) >= 11 is 0. The van der Waals surface area contributed by atoms with E-state index < -0.39 is 5.97 Å². The van der Waals surface area contributed by atoms with Crippen LogP contribution in [0, 0.1) is 11.8 Å². The highest BCUT2D eigenvalue weighted by atomic mass is 16.5. The molecular formula is C23H24N2O5. The lowest BCUT2D eigenvalue weighted by atomic mass is 9.85. The van der Waals surface area contributed by atoms with Crippen molar-refractivity contribution in [3.63, 3.8) is 0 Å². The van der Waals surface area contributed by atoms with Gasteiger partial charge in [-0.05, 0) is 24.8 Å². The molecule has 1 aliphatic carbocycles. The van der Waals surface area contributed by atoms with Crippen LogP contribution in [0.1, 0.15) is 42.1 Å². The second-order valence-electron chi connectivity index (χ2n) is 7.71. The number of likely N-dealkylation sites (tertiary alicyclic amines) is 1. The van der Waals surface area contributed by atoms with Crippen molar-refractivity contribution in [1.29, 1.82) is 0 Å². The Morgan fingerprint density at radius 2 is 1.83 bits per heavy atom. The van der Waals surface area contributed by atoms with E-state index in [0.717, 1.165) is 27.8 Å². The SMILES string of the molecule is CCc1cccc2c(C(=O)COC(=O)CCN3C(=O)[C@@H]4CC=CC[C@H]4C3=O)c[nH]c12. The average Bonchev–Trinajstić information content (AvgIpc) is 3.30. The van der Waals surface area contributed by atoms with Crippen molar-refractivity contribution in [1.82, 2.24) is 9.88 Å². The van der Waals surface area contributed by atoms with E-state index >= 15 is 0 Å². The van der Waals surface area contributed by atoms with Gasteiger partial charge in [-0.1, -0.05) is 37.3 Å². The number of hydrogen-bond acceptors (Lipinski definition) is 5. The molecule has 156 valence electrons. The molecule has 4 rings (SSSR count). The van der Waals surface area contributed by atoms with E-state index in [4.69, 9.17) is 4.74 Å². The summed E-state index contributed by atoms with van der Waals surface area (Å²) in [6.45, 7) is 1.66. The fraction of sp³-hybridized carbons (Fsp3) is 0.391. The predicted molar refractivity (Wildman–Crippen MR) is 110 cm³/mol. The standard InChI is InChI=1S/C23H24N2O5/c1-2-14-6-5-9-15-18(12-24-21(14)15)19(26)13-30-20(27)10-11-25-22(28)16-7-3-4-8-17(16)23(25)29/h3-6,9,12,16-17,24H,2,7-8,10-11,13H2,1H3/t16-,17-/m1/s1. The Morgan fingerprint density at radius 1 is 1.13 bits per heavy atom. The first-order valence-corrected chi connectivity index (χ1v) is 10.3. The van der Waals surface area contributed by atoms with E-state index in [1.165, 1.54) is 0 Å². The van der Waals surface area contributed by atoms with Crippen molar-refractivity contribution >= 4 is 34.5 Å². The van der Waals surface area contributed by atoms with Gasteiger partial charge in [0, 0.05) is 29.2 Å². The Bertz CT molecular complexity index is 1030. The molecule has 2 heterocycles. The van der Waals surface area contributed by atoms with Crippen LogP contribution in [0.4, 0.5) is 0 Å². The minimum atomic E-state index is -0.606. The van der Waals surface area contributed by atoms with Crippen molar-refractivity contribution in [3.8, 4) is 0 Å². The van der Waals surface area contributed by atoms with Gasteiger partial charge in [-0.15, -0.1) is 0 Å². The maximum Gasteiger partial charge on any atom is 0.308 e. The Hall–Kier alpha value is -3.22. The molecule has 7 heteroatoms.